The largest absolute Gasteiger partial charge is 0.353 e. The number of nitrogens with zero attached hydrogens (tertiary/aromatic N) is 1. The molecule has 0 bridgehead atoms. The normalized spacial score (nSPS) is 23.2. The van der Waals surface area contributed by atoms with Crippen LogP contribution in [0.25, 0.3) is 0 Å². The standard InChI is InChI=1S/C18H23FN2O2/c19-18(6-2-1-3-7-18)12-21-17(23)11-14-9-15-13(10-16(14)22)5-4-8-20-15/h4-5,8,14H,1-3,6-7,9-12H2,(H,21,23). The number of hydrogen-bond donors (Lipinski definition) is 1. The number of fused-ring (bicyclic) bond motifs is 1. The van der Waals surface area contributed by atoms with E-state index in [-0.39, 0.29) is 30.6 Å². The van der Waals surface area contributed by atoms with Crippen LogP contribution in [0.2, 0.25) is 0 Å². The summed E-state index contributed by atoms with van der Waals surface area (Å²) in [5, 5.41) is 2.70. The van der Waals surface area contributed by atoms with E-state index in [4.69, 9.17) is 0 Å². The Bertz CT molecular complexity index is 596. The zero-order chi connectivity index (χ0) is 16.3. The Hall–Kier alpha value is -1.78. The zero-order valence-corrected chi connectivity index (χ0v) is 13.3. The number of Topliss-reactive ketones (excluding diaryl/α,β-unsaturated/α-hetero) is 1. The van der Waals surface area contributed by atoms with Crippen molar-refractivity contribution in [3.05, 3.63) is 29.6 Å². The minimum absolute atomic E-state index is 0.0710. The number of ketones is 1. The second-order valence-corrected chi connectivity index (χ2v) is 6.85. The minimum Gasteiger partial charge on any atom is -0.353 e. The predicted octanol–water partition coefficient (Wildman–Crippen LogP) is 2.54. The monoisotopic (exact) mass is 318 g/mol. The van der Waals surface area contributed by atoms with Crippen molar-refractivity contribution in [2.24, 2.45) is 5.92 Å². The highest BCUT2D eigenvalue weighted by Crippen LogP contribution is 2.31. The van der Waals surface area contributed by atoms with Crippen LogP contribution in [-0.4, -0.2) is 28.9 Å². The molecule has 4 nitrogen and oxygen atoms in total. The molecule has 1 fully saturated rings. The van der Waals surface area contributed by atoms with Gasteiger partial charge in [0.25, 0.3) is 0 Å². The molecule has 0 saturated heterocycles. The van der Waals surface area contributed by atoms with E-state index in [1.807, 2.05) is 12.1 Å². The summed E-state index contributed by atoms with van der Waals surface area (Å²) < 4.78 is 14.5. The quantitative estimate of drug-likeness (QED) is 0.928. The third-order valence-electron chi connectivity index (χ3n) is 5.03. The first kappa shape index (κ1) is 16.1. The number of amides is 1. The van der Waals surface area contributed by atoms with Crippen molar-refractivity contribution in [1.82, 2.24) is 10.3 Å². The molecule has 0 radical (unpaired) electrons. The fourth-order valence-corrected chi connectivity index (χ4v) is 3.60. The van der Waals surface area contributed by atoms with Gasteiger partial charge in [-0.2, -0.15) is 0 Å². The van der Waals surface area contributed by atoms with E-state index in [0.29, 0.717) is 25.7 Å². The fourth-order valence-electron chi connectivity index (χ4n) is 3.60. The predicted molar refractivity (Wildman–Crippen MR) is 84.7 cm³/mol. The van der Waals surface area contributed by atoms with Crippen LogP contribution >= 0.6 is 0 Å². The van der Waals surface area contributed by atoms with Gasteiger partial charge in [-0.3, -0.25) is 14.6 Å². The van der Waals surface area contributed by atoms with Gasteiger partial charge in [0.2, 0.25) is 5.91 Å². The van der Waals surface area contributed by atoms with Crippen LogP contribution in [0, 0.1) is 5.92 Å². The molecule has 2 aliphatic rings. The van der Waals surface area contributed by atoms with E-state index in [1.54, 1.807) is 6.20 Å². The SMILES string of the molecule is O=C(CC1Cc2ncccc2CC1=O)NCC1(F)CCCCC1. The molecular formula is C18H23FN2O2. The minimum atomic E-state index is -1.27. The van der Waals surface area contributed by atoms with Crippen molar-refractivity contribution in [2.75, 3.05) is 6.54 Å². The number of alkyl halides is 1. The van der Waals surface area contributed by atoms with Gasteiger partial charge in [0.1, 0.15) is 11.5 Å². The first-order valence-electron chi connectivity index (χ1n) is 8.47. The van der Waals surface area contributed by atoms with Crippen LogP contribution < -0.4 is 5.32 Å². The zero-order valence-electron chi connectivity index (χ0n) is 13.3. The van der Waals surface area contributed by atoms with Gasteiger partial charge in [0, 0.05) is 37.1 Å². The third kappa shape index (κ3) is 3.95. The molecule has 0 aromatic carbocycles. The Morgan fingerprint density at radius 1 is 1.35 bits per heavy atom. The Labute approximate surface area is 135 Å². The Balaban J connectivity index is 1.53. The van der Waals surface area contributed by atoms with Crippen LogP contribution in [-0.2, 0) is 22.4 Å². The lowest BCUT2D eigenvalue weighted by Crippen LogP contribution is -2.42. The summed E-state index contributed by atoms with van der Waals surface area (Å²) in [6, 6.07) is 3.73. The van der Waals surface area contributed by atoms with Crippen molar-refractivity contribution in [3.63, 3.8) is 0 Å². The van der Waals surface area contributed by atoms with Gasteiger partial charge >= 0.3 is 0 Å². The number of pyridine rings is 1. The van der Waals surface area contributed by atoms with Crippen LogP contribution in [0.3, 0.4) is 0 Å². The number of aromatic nitrogens is 1. The van der Waals surface area contributed by atoms with E-state index in [2.05, 4.69) is 10.3 Å². The fraction of sp³-hybridized carbons (Fsp3) is 0.611. The first-order chi connectivity index (χ1) is 11.1. The average Bonchev–Trinajstić information content (AvgIpc) is 2.54. The van der Waals surface area contributed by atoms with E-state index in [9.17, 15) is 14.0 Å². The molecule has 1 unspecified atom stereocenters. The van der Waals surface area contributed by atoms with Crippen molar-refractivity contribution in [1.29, 1.82) is 0 Å². The first-order valence-corrected chi connectivity index (χ1v) is 8.47. The van der Waals surface area contributed by atoms with Gasteiger partial charge in [-0.15, -0.1) is 0 Å². The molecule has 1 aromatic heterocycles. The third-order valence-corrected chi connectivity index (χ3v) is 5.03. The molecule has 1 N–H and O–H groups in total. The van der Waals surface area contributed by atoms with Crippen molar-refractivity contribution < 1.29 is 14.0 Å². The number of nitrogens with one attached hydrogen (secondary N) is 1. The number of carbonyl (C=O) groups excluding carboxylic acids is 2. The molecule has 23 heavy (non-hydrogen) atoms. The van der Waals surface area contributed by atoms with E-state index in [1.165, 1.54) is 0 Å². The summed E-state index contributed by atoms with van der Waals surface area (Å²) in [7, 11) is 0. The molecule has 5 heteroatoms. The van der Waals surface area contributed by atoms with Gasteiger partial charge < -0.3 is 5.32 Å². The molecule has 124 valence electrons. The topological polar surface area (TPSA) is 59.1 Å². The molecule has 1 aromatic rings. The number of rotatable bonds is 4. The van der Waals surface area contributed by atoms with Gasteiger partial charge in [-0.05, 0) is 24.5 Å². The highest BCUT2D eigenvalue weighted by Gasteiger charge is 2.33. The summed E-state index contributed by atoms with van der Waals surface area (Å²) in [4.78, 5) is 28.6. The molecule has 0 spiro atoms. The summed E-state index contributed by atoms with van der Waals surface area (Å²) in [6.45, 7) is 0.0710. The highest BCUT2D eigenvalue weighted by molar-refractivity contribution is 5.89. The number of carbonyl (C=O) groups is 2. The van der Waals surface area contributed by atoms with Crippen molar-refractivity contribution in [2.45, 2.75) is 57.0 Å². The van der Waals surface area contributed by atoms with Crippen LogP contribution in [0.1, 0.15) is 49.8 Å². The van der Waals surface area contributed by atoms with Crippen LogP contribution in [0.5, 0.6) is 0 Å². The summed E-state index contributed by atoms with van der Waals surface area (Å²) in [5.41, 5.74) is 0.594. The summed E-state index contributed by atoms with van der Waals surface area (Å²) in [5.74, 6) is -0.488. The maximum atomic E-state index is 14.5. The number of halogens is 1. The van der Waals surface area contributed by atoms with Crippen molar-refractivity contribution in [3.8, 4) is 0 Å². The van der Waals surface area contributed by atoms with Crippen molar-refractivity contribution >= 4 is 11.7 Å². The summed E-state index contributed by atoms with van der Waals surface area (Å²) in [6.07, 6.45) is 6.57. The van der Waals surface area contributed by atoms with E-state index in [0.717, 1.165) is 30.5 Å². The maximum Gasteiger partial charge on any atom is 0.220 e. The second-order valence-electron chi connectivity index (χ2n) is 6.85. The number of hydrogen-bond acceptors (Lipinski definition) is 3. The van der Waals surface area contributed by atoms with Gasteiger partial charge in [0.05, 0.1) is 6.54 Å². The lowest BCUT2D eigenvalue weighted by molar-refractivity contribution is -0.129. The molecule has 1 saturated carbocycles. The van der Waals surface area contributed by atoms with E-state index < -0.39 is 5.67 Å². The van der Waals surface area contributed by atoms with Crippen LogP contribution in [0.4, 0.5) is 4.39 Å². The Morgan fingerprint density at radius 2 is 2.13 bits per heavy atom. The highest BCUT2D eigenvalue weighted by atomic mass is 19.1. The molecule has 1 amide bonds. The van der Waals surface area contributed by atoms with Gasteiger partial charge in [-0.25, -0.2) is 4.39 Å². The molecule has 3 rings (SSSR count). The van der Waals surface area contributed by atoms with E-state index >= 15 is 0 Å². The smallest absolute Gasteiger partial charge is 0.220 e. The lowest BCUT2D eigenvalue weighted by atomic mass is 9.83. The molecule has 2 aliphatic carbocycles. The molecule has 1 heterocycles. The van der Waals surface area contributed by atoms with Gasteiger partial charge in [-0.1, -0.05) is 25.3 Å². The molecular weight excluding hydrogens is 295 g/mol. The van der Waals surface area contributed by atoms with Crippen LogP contribution in [0.15, 0.2) is 18.3 Å². The maximum absolute atomic E-state index is 14.5. The Kier molecular flexibility index (Phi) is 4.74. The van der Waals surface area contributed by atoms with Gasteiger partial charge in [0.15, 0.2) is 0 Å². The molecule has 1 atom stereocenters. The average molecular weight is 318 g/mol. The summed E-state index contributed by atoms with van der Waals surface area (Å²) >= 11 is 0. The Morgan fingerprint density at radius 3 is 2.91 bits per heavy atom. The molecule has 0 aliphatic heterocycles. The lowest BCUT2D eigenvalue weighted by Gasteiger charge is -2.30. The second kappa shape index (κ2) is 6.77.